The van der Waals surface area contributed by atoms with Gasteiger partial charge in [0.05, 0.1) is 43.0 Å². The first-order valence-corrected chi connectivity index (χ1v) is 11.4. The van der Waals surface area contributed by atoms with Crippen LogP contribution in [-0.2, 0) is 9.59 Å². The van der Waals surface area contributed by atoms with Gasteiger partial charge in [0.15, 0.2) is 0 Å². The quantitative estimate of drug-likeness (QED) is 0.175. The van der Waals surface area contributed by atoms with Crippen LogP contribution in [0.15, 0.2) is 48.2 Å². The zero-order valence-corrected chi connectivity index (χ0v) is 20.1. The molecule has 10 nitrogen and oxygen atoms in total. The third-order valence-electron chi connectivity index (χ3n) is 6.26. The number of nitro benzene ring substituents is 1. The number of non-ortho nitro benzene ring substituents is 1. The average molecular weight is 478 g/mol. The Bertz CT molecular complexity index is 1360. The number of nitro groups is 1. The maximum absolute atomic E-state index is 13.9. The van der Waals surface area contributed by atoms with Crippen LogP contribution in [0.5, 0.6) is 0 Å². The van der Waals surface area contributed by atoms with Crippen molar-refractivity contribution in [3.8, 4) is 0 Å². The van der Waals surface area contributed by atoms with E-state index in [9.17, 15) is 24.8 Å². The highest BCUT2D eigenvalue weighted by molar-refractivity contribution is 6.46. The molecule has 4 rings (SSSR count). The highest BCUT2D eigenvalue weighted by Gasteiger charge is 2.44. The summed E-state index contributed by atoms with van der Waals surface area (Å²) in [6, 6.07) is 8.36. The van der Waals surface area contributed by atoms with Crippen molar-refractivity contribution in [2.45, 2.75) is 26.3 Å². The maximum Gasteiger partial charge on any atom is 0.295 e. The zero-order chi connectivity index (χ0) is 25.4. The molecule has 0 bridgehead atoms. The summed E-state index contributed by atoms with van der Waals surface area (Å²) in [6.07, 6.45) is 2.33. The molecule has 10 heteroatoms. The number of likely N-dealkylation sites (tertiary alicyclic amines) is 1. The molecule has 35 heavy (non-hydrogen) atoms. The normalized spacial score (nSPS) is 17.6. The van der Waals surface area contributed by atoms with Gasteiger partial charge < -0.3 is 19.3 Å². The number of ketones is 1. The summed E-state index contributed by atoms with van der Waals surface area (Å²) in [6.45, 7) is 4.61. The van der Waals surface area contributed by atoms with Gasteiger partial charge in [-0.15, -0.1) is 0 Å². The Morgan fingerprint density at radius 1 is 1.14 bits per heavy atom. The van der Waals surface area contributed by atoms with Crippen molar-refractivity contribution in [3.05, 3.63) is 80.8 Å². The molecule has 2 aromatic heterocycles. The van der Waals surface area contributed by atoms with E-state index in [-0.39, 0.29) is 23.5 Å². The van der Waals surface area contributed by atoms with Crippen LogP contribution in [0.3, 0.4) is 0 Å². The molecule has 1 saturated heterocycles. The number of hydrogen-bond acceptors (Lipinski definition) is 6. The molecule has 1 atom stereocenters. The summed E-state index contributed by atoms with van der Waals surface area (Å²) < 4.78 is 1.64. The zero-order valence-electron chi connectivity index (χ0n) is 20.1. The van der Waals surface area contributed by atoms with E-state index < -0.39 is 28.4 Å². The maximum atomic E-state index is 13.9. The number of amides is 1. The molecule has 1 amide bonds. The predicted molar refractivity (Wildman–Crippen MR) is 126 cm³/mol. The van der Waals surface area contributed by atoms with E-state index in [0.29, 0.717) is 23.3 Å². The number of quaternary nitrogens is 1. The van der Waals surface area contributed by atoms with E-state index in [0.717, 1.165) is 12.1 Å². The molecule has 1 fully saturated rings. The van der Waals surface area contributed by atoms with Gasteiger partial charge in [-0.1, -0.05) is 11.8 Å². The number of imidazole rings is 1. The lowest BCUT2D eigenvalue weighted by atomic mass is 9.96. The molecule has 1 aliphatic rings. The van der Waals surface area contributed by atoms with Crippen LogP contribution in [0.25, 0.3) is 11.4 Å². The smallest absolute Gasteiger partial charge is 0.295 e. The number of benzene rings is 1. The molecule has 1 N–H and O–H groups in total. The van der Waals surface area contributed by atoms with E-state index in [4.69, 9.17) is 0 Å². The summed E-state index contributed by atoms with van der Waals surface area (Å²) in [5.41, 5.74) is 2.34. The van der Waals surface area contributed by atoms with E-state index in [1.165, 1.54) is 34.1 Å². The van der Waals surface area contributed by atoms with Crippen molar-refractivity contribution < 1.29 is 24.5 Å². The Morgan fingerprint density at radius 3 is 2.46 bits per heavy atom. The van der Waals surface area contributed by atoms with Crippen molar-refractivity contribution in [2.75, 3.05) is 27.2 Å². The number of carbonyl (C=O) groups is 2. The molecule has 1 aliphatic heterocycles. The van der Waals surface area contributed by atoms with Gasteiger partial charge in [-0.2, -0.15) is 0 Å². The van der Waals surface area contributed by atoms with E-state index >= 15 is 0 Å². The monoisotopic (exact) mass is 477 g/mol. The second-order valence-corrected chi connectivity index (χ2v) is 9.06. The SMILES string of the molecule is Cc1nc2c(C)cccn2c1C([O-])=C1C(=O)C(=O)N(CCC[NH+](C)C)C1c1ccc([N+](=O)[O-])cc1. The number of fused-ring (bicyclic) bond motifs is 1. The van der Waals surface area contributed by atoms with E-state index in [2.05, 4.69) is 4.98 Å². The van der Waals surface area contributed by atoms with Crippen molar-refractivity contribution >= 4 is 28.8 Å². The van der Waals surface area contributed by atoms with Crippen LogP contribution in [0.4, 0.5) is 5.69 Å². The number of carbonyl (C=O) groups excluding carboxylic acids is 2. The van der Waals surface area contributed by atoms with Crippen molar-refractivity contribution in [1.82, 2.24) is 14.3 Å². The Balaban J connectivity index is 1.89. The van der Waals surface area contributed by atoms with Crippen LogP contribution in [0.1, 0.15) is 35.0 Å². The summed E-state index contributed by atoms with van der Waals surface area (Å²) in [5.74, 6) is -2.16. The molecule has 1 aromatic carbocycles. The standard InChI is InChI=1S/C25H27N5O5/c1-15-7-5-13-28-20(16(2)26-24(15)28)22(31)19-21(17-8-10-18(11-9-17)30(34)35)29(25(33)23(19)32)14-6-12-27(3)4/h5,7-11,13,21,31H,6,12,14H2,1-4H3. The fourth-order valence-electron chi connectivity index (χ4n) is 4.55. The molecule has 3 heterocycles. The lowest BCUT2D eigenvalue weighted by Crippen LogP contribution is -3.05. The fraction of sp³-hybridized carbons (Fsp3) is 0.320. The van der Waals surface area contributed by atoms with Crippen LogP contribution < -0.4 is 10.0 Å². The van der Waals surface area contributed by atoms with Crippen LogP contribution in [0.2, 0.25) is 0 Å². The van der Waals surface area contributed by atoms with Gasteiger partial charge in [0.1, 0.15) is 5.65 Å². The van der Waals surface area contributed by atoms with Crippen molar-refractivity contribution in [1.29, 1.82) is 0 Å². The minimum atomic E-state index is -0.935. The molecule has 0 aliphatic carbocycles. The van der Waals surface area contributed by atoms with Gasteiger partial charge in [0, 0.05) is 36.9 Å². The fourth-order valence-corrected chi connectivity index (χ4v) is 4.55. The van der Waals surface area contributed by atoms with Crippen LogP contribution >= 0.6 is 0 Å². The van der Waals surface area contributed by atoms with Gasteiger partial charge in [0.2, 0.25) is 5.78 Å². The van der Waals surface area contributed by atoms with Crippen molar-refractivity contribution in [3.63, 3.8) is 0 Å². The minimum Gasteiger partial charge on any atom is -0.871 e. The highest BCUT2D eigenvalue weighted by atomic mass is 16.6. The molecule has 0 saturated carbocycles. The minimum absolute atomic E-state index is 0.117. The van der Waals surface area contributed by atoms with E-state index in [1.807, 2.05) is 27.1 Å². The Kier molecular flexibility index (Phi) is 6.40. The first kappa shape index (κ1) is 24.1. The lowest BCUT2D eigenvalue weighted by Gasteiger charge is -2.27. The van der Waals surface area contributed by atoms with Gasteiger partial charge in [-0.25, -0.2) is 4.98 Å². The summed E-state index contributed by atoms with van der Waals surface area (Å²) in [4.78, 5) is 44.0. The number of nitrogens with one attached hydrogen (secondary N) is 1. The Morgan fingerprint density at radius 2 is 1.83 bits per heavy atom. The van der Waals surface area contributed by atoms with Gasteiger partial charge in [0.25, 0.3) is 11.6 Å². The number of hydrogen-bond donors (Lipinski definition) is 1. The predicted octanol–water partition coefficient (Wildman–Crippen LogP) is 0.618. The molecule has 182 valence electrons. The molecular formula is C25H27N5O5. The van der Waals surface area contributed by atoms with Crippen LogP contribution in [0, 0.1) is 24.0 Å². The third-order valence-corrected chi connectivity index (χ3v) is 6.26. The van der Waals surface area contributed by atoms with Crippen LogP contribution in [-0.4, -0.2) is 58.1 Å². The second-order valence-electron chi connectivity index (χ2n) is 9.06. The van der Waals surface area contributed by atoms with Crippen molar-refractivity contribution in [2.24, 2.45) is 0 Å². The third kappa shape index (κ3) is 4.28. The molecule has 1 unspecified atom stereocenters. The highest BCUT2D eigenvalue weighted by Crippen LogP contribution is 2.39. The second kappa shape index (κ2) is 9.30. The average Bonchev–Trinajstić information content (AvgIpc) is 3.28. The lowest BCUT2D eigenvalue weighted by molar-refractivity contribution is -0.858. The number of aromatic nitrogens is 2. The number of nitrogens with zero attached hydrogens (tertiary/aromatic N) is 4. The first-order valence-electron chi connectivity index (χ1n) is 11.4. The molecule has 3 aromatic rings. The first-order chi connectivity index (χ1) is 16.6. The molecule has 0 spiro atoms. The summed E-state index contributed by atoms with van der Waals surface area (Å²) in [5, 5.41) is 25.0. The summed E-state index contributed by atoms with van der Waals surface area (Å²) in [7, 11) is 3.97. The van der Waals surface area contributed by atoms with Gasteiger partial charge in [-0.05, 0) is 43.2 Å². The topological polar surface area (TPSA) is 125 Å². The Hall–Kier alpha value is -4.05. The van der Waals surface area contributed by atoms with Gasteiger partial charge in [-0.3, -0.25) is 19.7 Å². The number of Topliss-reactive ketones (excluding diaryl/α,β-unsaturated/α-hetero) is 1. The molecular weight excluding hydrogens is 450 g/mol. The number of aryl methyl sites for hydroxylation is 2. The van der Waals surface area contributed by atoms with E-state index in [1.54, 1.807) is 23.6 Å². The van der Waals surface area contributed by atoms with Gasteiger partial charge >= 0.3 is 0 Å². The molecule has 0 radical (unpaired) electrons. The number of rotatable bonds is 7. The largest absolute Gasteiger partial charge is 0.871 e. The number of pyridine rings is 1. The summed E-state index contributed by atoms with van der Waals surface area (Å²) >= 11 is 0. The Labute approximate surface area is 202 Å².